The highest BCUT2D eigenvalue weighted by Gasteiger charge is 2.28. The van der Waals surface area contributed by atoms with Gasteiger partial charge in [-0.1, -0.05) is 59.6 Å². The second kappa shape index (κ2) is 15.8. The molecule has 4 aromatic rings. The number of carboxylic acid groups (broad SMARTS) is 1. The van der Waals surface area contributed by atoms with Crippen LogP contribution >= 0.6 is 23.2 Å². The van der Waals surface area contributed by atoms with Crippen LogP contribution in [-0.4, -0.2) is 83.2 Å². The third-order valence-electron chi connectivity index (χ3n) is 9.68. The van der Waals surface area contributed by atoms with Crippen LogP contribution in [-0.2, 0) is 22.7 Å². The maximum Gasteiger partial charge on any atom is 0.307 e. The number of carbonyl (C=O) groups excluding carboxylic acids is 1. The minimum absolute atomic E-state index is 0.124. The van der Waals surface area contributed by atoms with Gasteiger partial charge >= 0.3 is 5.97 Å². The predicted octanol–water partition coefficient (Wildman–Crippen LogP) is 6.81. The molecular weight excluding hydrogens is 677 g/mol. The maximum atomic E-state index is 11.7. The summed E-state index contributed by atoms with van der Waals surface area (Å²) >= 11 is 14.2. The molecule has 4 heterocycles. The van der Waals surface area contributed by atoms with Gasteiger partial charge in [-0.25, -0.2) is 4.98 Å². The van der Waals surface area contributed by atoms with E-state index >= 15 is 0 Å². The van der Waals surface area contributed by atoms with E-state index in [1.165, 1.54) is 0 Å². The summed E-state index contributed by atoms with van der Waals surface area (Å²) in [5.74, 6) is 0.231. The largest absolute Gasteiger partial charge is 0.496 e. The highest BCUT2D eigenvalue weighted by molar-refractivity contribution is 6.39. The average Bonchev–Trinajstić information content (AvgIpc) is 3.60. The predicted molar refractivity (Wildman–Crippen MR) is 195 cm³/mol. The number of ether oxygens (including phenoxy) is 2. The maximum absolute atomic E-state index is 11.7. The second-order valence-electron chi connectivity index (χ2n) is 12.8. The smallest absolute Gasteiger partial charge is 0.307 e. The van der Waals surface area contributed by atoms with Gasteiger partial charge in [0.1, 0.15) is 5.75 Å². The number of carboxylic acids is 1. The Morgan fingerprint density at radius 1 is 0.920 bits per heavy atom. The van der Waals surface area contributed by atoms with Gasteiger partial charge in [-0.05, 0) is 44.0 Å². The van der Waals surface area contributed by atoms with Crippen molar-refractivity contribution >= 4 is 35.1 Å². The van der Waals surface area contributed by atoms with Crippen molar-refractivity contribution in [2.75, 3.05) is 40.4 Å². The molecular formula is C38H41Cl2N5O5. The molecule has 0 unspecified atom stereocenters. The number of pyridine rings is 2. The fourth-order valence-corrected chi connectivity index (χ4v) is 7.46. The number of carbonyl (C=O) groups is 2. The van der Waals surface area contributed by atoms with Crippen LogP contribution in [0.4, 0.5) is 0 Å². The number of aromatic nitrogens is 2. The van der Waals surface area contributed by atoms with Crippen molar-refractivity contribution in [3.63, 3.8) is 0 Å². The topological polar surface area (TPSA) is 117 Å². The van der Waals surface area contributed by atoms with E-state index in [1.54, 1.807) is 27.3 Å². The molecule has 1 amide bonds. The molecule has 2 aliphatic heterocycles. The van der Waals surface area contributed by atoms with Gasteiger partial charge in [0, 0.05) is 85.3 Å². The van der Waals surface area contributed by atoms with Crippen molar-refractivity contribution in [3.05, 3.63) is 82.0 Å². The van der Waals surface area contributed by atoms with Gasteiger partial charge in [0.2, 0.25) is 11.8 Å². The molecule has 1 atom stereocenters. The molecule has 12 heteroatoms. The quantitative estimate of drug-likeness (QED) is 0.173. The van der Waals surface area contributed by atoms with E-state index in [1.807, 2.05) is 59.5 Å². The van der Waals surface area contributed by atoms with Crippen molar-refractivity contribution in [3.8, 4) is 45.3 Å². The lowest BCUT2D eigenvalue weighted by Crippen LogP contribution is -2.44. The van der Waals surface area contributed by atoms with E-state index in [0.29, 0.717) is 65.2 Å². The van der Waals surface area contributed by atoms with Crippen molar-refractivity contribution in [2.24, 2.45) is 5.92 Å². The molecule has 2 aliphatic rings. The first-order valence-corrected chi connectivity index (χ1v) is 17.5. The SMILES string of the molecule is COc1cc(-c2nccc(-c3cccc(-c4ccc(CNC5CCN(C(C)=O)CC5)c(OC)n4)c3Cl)c2Cl)ccc1CN1CC[C@H](C(=O)O)C1. The monoisotopic (exact) mass is 717 g/mol. The van der Waals surface area contributed by atoms with E-state index in [4.69, 9.17) is 37.7 Å². The molecule has 0 saturated carbocycles. The summed E-state index contributed by atoms with van der Waals surface area (Å²) in [6.07, 6.45) is 4.16. The zero-order valence-corrected chi connectivity index (χ0v) is 29.9. The van der Waals surface area contributed by atoms with Gasteiger partial charge < -0.3 is 24.8 Å². The minimum Gasteiger partial charge on any atom is -0.496 e. The molecule has 10 nitrogen and oxygen atoms in total. The number of hydrogen-bond acceptors (Lipinski definition) is 8. The molecule has 0 radical (unpaired) electrons. The van der Waals surface area contributed by atoms with Crippen LogP contribution < -0.4 is 14.8 Å². The van der Waals surface area contributed by atoms with E-state index < -0.39 is 5.97 Å². The normalized spacial score (nSPS) is 16.8. The number of methoxy groups -OCH3 is 2. The number of aliphatic carboxylic acids is 1. The van der Waals surface area contributed by atoms with E-state index in [0.717, 1.165) is 65.9 Å². The molecule has 0 spiro atoms. The van der Waals surface area contributed by atoms with Crippen molar-refractivity contribution < 1.29 is 24.2 Å². The Kier molecular flexibility index (Phi) is 11.2. The number of rotatable bonds is 11. The number of nitrogens with zero attached hydrogens (tertiary/aromatic N) is 4. The molecule has 2 aromatic carbocycles. The summed E-state index contributed by atoms with van der Waals surface area (Å²) in [7, 11) is 3.23. The Hall–Kier alpha value is -4.22. The standard InChI is InChI=1S/C38H41Cl2N5O5/c1-23(46)45-17-13-28(14-18-45)42-20-25-9-10-32(43-37(25)50-3)31-6-4-5-29(34(31)39)30-11-15-41-36(35(30)40)24-7-8-26(33(19-24)49-2)21-44-16-12-27(22-44)38(47)48/h4-11,15,19,27-28,42H,12-14,16-18,20-22H2,1-3H3,(H,47,48)/t27-/m0/s1. The van der Waals surface area contributed by atoms with Crippen LogP contribution in [0.1, 0.15) is 37.3 Å². The molecule has 50 heavy (non-hydrogen) atoms. The summed E-state index contributed by atoms with van der Waals surface area (Å²) in [6, 6.07) is 17.7. The van der Waals surface area contributed by atoms with Gasteiger partial charge in [0.05, 0.1) is 41.6 Å². The Bertz CT molecular complexity index is 1880. The Labute approximate surface area is 302 Å². The fraction of sp³-hybridized carbons (Fsp3) is 0.368. The summed E-state index contributed by atoms with van der Waals surface area (Å²) < 4.78 is 11.4. The van der Waals surface area contributed by atoms with Crippen LogP contribution in [0.15, 0.2) is 60.8 Å². The van der Waals surface area contributed by atoms with Crippen molar-refractivity contribution in [1.82, 2.24) is 25.1 Å². The third-order valence-corrected chi connectivity index (χ3v) is 10.5. The van der Waals surface area contributed by atoms with Crippen molar-refractivity contribution in [2.45, 2.75) is 45.3 Å². The number of nitrogens with one attached hydrogen (secondary N) is 1. The van der Waals surface area contributed by atoms with Crippen LogP contribution in [0.3, 0.4) is 0 Å². The van der Waals surface area contributed by atoms with E-state index in [9.17, 15) is 14.7 Å². The average molecular weight is 719 g/mol. The zero-order chi connectivity index (χ0) is 35.4. The van der Waals surface area contributed by atoms with Crippen LogP contribution in [0.5, 0.6) is 11.6 Å². The summed E-state index contributed by atoms with van der Waals surface area (Å²) in [5, 5.41) is 13.9. The molecule has 262 valence electrons. The Balaban J connectivity index is 1.21. The van der Waals surface area contributed by atoms with Crippen LogP contribution in [0.25, 0.3) is 33.6 Å². The summed E-state index contributed by atoms with van der Waals surface area (Å²) in [4.78, 5) is 36.6. The first kappa shape index (κ1) is 35.6. The highest BCUT2D eigenvalue weighted by atomic mass is 35.5. The lowest BCUT2D eigenvalue weighted by molar-refractivity contribution is -0.141. The number of likely N-dealkylation sites (tertiary alicyclic amines) is 2. The van der Waals surface area contributed by atoms with Gasteiger partial charge in [0.25, 0.3) is 0 Å². The van der Waals surface area contributed by atoms with E-state index in [2.05, 4.69) is 15.2 Å². The molecule has 2 fully saturated rings. The summed E-state index contributed by atoms with van der Waals surface area (Å²) in [6.45, 7) is 5.57. The van der Waals surface area contributed by atoms with Gasteiger partial charge in [-0.15, -0.1) is 0 Å². The van der Waals surface area contributed by atoms with Crippen LogP contribution in [0, 0.1) is 5.92 Å². The number of halogens is 2. The highest BCUT2D eigenvalue weighted by Crippen LogP contribution is 2.42. The van der Waals surface area contributed by atoms with Crippen LogP contribution in [0.2, 0.25) is 10.0 Å². The Morgan fingerprint density at radius 3 is 2.36 bits per heavy atom. The van der Waals surface area contributed by atoms with Gasteiger partial charge in [-0.2, -0.15) is 0 Å². The molecule has 6 rings (SSSR count). The summed E-state index contributed by atoms with van der Waals surface area (Å²) in [5.41, 5.74) is 6.16. The lowest BCUT2D eigenvalue weighted by Gasteiger charge is -2.31. The first-order valence-electron chi connectivity index (χ1n) is 16.8. The molecule has 0 bridgehead atoms. The molecule has 2 N–H and O–H groups in total. The lowest BCUT2D eigenvalue weighted by atomic mass is 9.99. The molecule has 2 saturated heterocycles. The molecule has 0 aliphatic carbocycles. The second-order valence-corrected chi connectivity index (χ2v) is 13.6. The number of amides is 1. The minimum atomic E-state index is -0.752. The fourth-order valence-electron chi connectivity index (χ4n) is 6.82. The first-order chi connectivity index (χ1) is 24.2. The van der Waals surface area contributed by atoms with E-state index in [-0.39, 0.29) is 11.8 Å². The zero-order valence-electron chi connectivity index (χ0n) is 28.4. The third kappa shape index (κ3) is 7.73. The van der Waals surface area contributed by atoms with Crippen molar-refractivity contribution in [1.29, 1.82) is 0 Å². The molecule has 2 aromatic heterocycles. The number of benzene rings is 2. The Morgan fingerprint density at radius 2 is 1.66 bits per heavy atom. The number of hydrogen-bond donors (Lipinski definition) is 2. The van der Waals surface area contributed by atoms with Gasteiger partial charge in [0.15, 0.2) is 0 Å². The number of piperidine rings is 1. The van der Waals surface area contributed by atoms with Gasteiger partial charge in [-0.3, -0.25) is 19.5 Å².